The number of nitrogen functional groups attached to an aromatic ring is 2. The van der Waals surface area contributed by atoms with Gasteiger partial charge >= 0.3 is 0 Å². The molecule has 162 valence electrons. The predicted molar refractivity (Wildman–Crippen MR) is 118 cm³/mol. The summed E-state index contributed by atoms with van der Waals surface area (Å²) in [6, 6.07) is 0. The Kier molecular flexibility index (Phi) is 10.9. The van der Waals surface area contributed by atoms with E-state index in [2.05, 4.69) is 21.9 Å². The van der Waals surface area contributed by atoms with E-state index >= 15 is 0 Å². The van der Waals surface area contributed by atoms with Crippen LogP contribution in [0.2, 0.25) is 0 Å². The number of fused-ring (bicyclic) bond motifs is 1. The topological polar surface area (TPSA) is 131 Å². The van der Waals surface area contributed by atoms with Gasteiger partial charge in [0.15, 0.2) is 0 Å². The zero-order valence-corrected chi connectivity index (χ0v) is 18.2. The Morgan fingerprint density at radius 1 is 1.21 bits per heavy atom. The molecule has 0 unspecified atom stereocenters. The van der Waals surface area contributed by atoms with Crippen LogP contribution in [0.3, 0.4) is 0 Å². The van der Waals surface area contributed by atoms with E-state index in [0.29, 0.717) is 37.6 Å². The number of amides is 1. The first kappa shape index (κ1) is 24.6. The van der Waals surface area contributed by atoms with Crippen LogP contribution in [0.5, 0.6) is 0 Å². The molecule has 0 saturated carbocycles. The van der Waals surface area contributed by atoms with Crippen LogP contribution in [0.1, 0.15) is 71.1 Å². The van der Waals surface area contributed by atoms with Crippen molar-refractivity contribution in [3.8, 4) is 0 Å². The zero-order chi connectivity index (χ0) is 21.8. The van der Waals surface area contributed by atoms with Crippen molar-refractivity contribution in [1.82, 2.24) is 14.9 Å². The maximum Gasteiger partial charge on any atom is 0.272 e. The highest BCUT2D eigenvalue weighted by molar-refractivity contribution is 5.96. The number of allylic oxidation sites excluding steroid dienone is 1. The minimum atomic E-state index is -0.111. The molecule has 0 atom stereocenters. The summed E-state index contributed by atoms with van der Waals surface area (Å²) in [4.78, 5) is 26.6. The summed E-state index contributed by atoms with van der Waals surface area (Å²) >= 11 is 0. The summed E-state index contributed by atoms with van der Waals surface area (Å²) in [5.41, 5.74) is 14.3. The Labute approximate surface area is 174 Å². The largest absolute Gasteiger partial charge is 0.396 e. The molecule has 0 aliphatic carbocycles. The minimum absolute atomic E-state index is 0.111. The highest BCUT2D eigenvalue weighted by Crippen LogP contribution is 2.23. The molecule has 1 aromatic rings. The van der Waals surface area contributed by atoms with E-state index < -0.39 is 0 Å². The second-order valence-corrected chi connectivity index (χ2v) is 7.24. The Hall–Kier alpha value is -2.48. The van der Waals surface area contributed by atoms with Gasteiger partial charge in [-0.2, -0.15) is 4.98 Å². The van der Waals surface area contributed by atoms with E-state index in [1.165, 1.54) is 25.7 Å². The fourth-order valence-corrected chi connectivity index (χ4v) is 2.99. The van der Waals surface area contributed by atoms with Crippen LogP contribution in [0.25, 0.3) is 0 Å². The molecule has 1 amide bonds. The number of carbonyl (C=O) groups is 1. The fourth-order valence-electron chi connectivity index (χ4n) is 2.99. The van der Waals surface area contributed by atoms with E-state index in [-0.39, 0.29) is 11.9 Å². The first-order valence-electron chi connectivity index (χ1n) is 10.3. The monoisotopic (exact) mass is 404 g/mol. The summed E-state index contributed by atoms with van der Waals surface area (Å²) in [5.74, 6) is 0.402. The number of unbranched alkanes of at least 4 members (excludes halogenated alkanes) is 4. The van der Waals surface area contributed by atoms with Gasteiger partial charge in [0.05, 0.1) is 12.2 Å². The molecule has 0 fully saturated rings. The van der Waals surface area contributed by atoms with Gasteiger partial charge in [0.25, 0.3) is 5.91 Å². The molecule has 0 radical (unpaired) electrons. The molecule has 0 aromatic carbocycles. The number of hydrogen-bond donors (Lipinski definition) is 3. The lowest BCUT2D eigenvalue weighted by molar-refractivity contribution is -0.128. The quantitative estimate of drug-likeness (QED) is 0.364. The molecule has 0 spiro atoms. The highest BCUT2D eigenvalue weighted by atomic mass is 16.2. The standard InChI is InChI=1S/C14H20N6O.C7H16O/c1-4-10(17-8(2)3)13(21)20-6-5-11-9(7-20)12(15)19-14(16)18-11;1-2-3-4-5-6-7-8/h4H,5-7H2,1-3H3,(H4,15,16,18,19);8H,2-7H2,1H3/b10-4-;. The predicted octanol–water partition coefficient (Wildman–Crippen LogP) is 2.86. The van der Waals surface area contributed by atoms with Crippen molar-refractivity contribution in [3.05, 3.63) is 23.0 Å². The third kappa shape index (κ3) is 8.19. The van der Waals surface area contributed by atoms with Crippen molar-refractivity contribution in [1.29, 1.82) is 0 Å². The molecule has 1 aromatic heterocycles. The number of aliphatic hydroxyl groups excluding tert-OH is 1. The molecule has 1 aliphatic rings. The van der Waals surface area contributed by atoms with Crippen LogP contribution in [0.4, 0.5) is 11.8 Å². The third-order valence-corrected chi connectivity index (χ3v) is 4.50. The minimum Gasteiger partial charge on any atom is -0.396 e. The third-order valence-electron chi connectivity index (χ3n) is 4.50. The SMILES string of the molecule is C/C=C(\N=C(C)C)C(=O)N1CCc2nc(N)nc(N)c2C1.CCCCCCCO. The molecular weight excluding hydrogens is 368 g/mol. The number of nitrogens with two attached hydrogens (primary N) is 2. The number of aromatic nitrogens is 2. The lowest BCUT2D eigenvalue weighted by atomic mass is 10.1. The van der Waals surface area contributed by atoms with Gasteiger partial charge in [-0.15, -0.1) is 0 Å². The van der Waals surface area contributed by atoms with Crippen molar-refractivity contribution in [3.63, 3.8) is 0 Å². The smallest absolute Gasteiger partial charge is 0.272 e. The number of rotatable bonds is 7. The van der Waals surface area contributed by atoms with Crippen molar-refractivity contribution in [2.45, 2.75) is 72.8 Å². The van der Waals surface area contributed by atoms with Gasteiger partial charge in [-0.05, 0) is 27.2 Å². The van der Waals surface area contributed by atoms with Gasteiger partial charge in [0.2, 0.25) is 5.95 Å². The van der Waals surface area contributed by atoms with Gasteiger partial charge in [-0.3, -0.25) is 9.79 Å². The highest BCUT2D eigenvalue weighted by Gasteiger charge is 2.26. The summed E-state index contributed by atoms with van der Waals surface area (Å²) in [7, 11) is 0. The number of carbonyl (C=O) groups excluding carboxylic acids is 1. The number of aliphatic imine (C=N–C) groups is 1. The van der Waals surface area contributed by atoms with Crippen LogP contribution in [-0.4, -0.2) is 44.7 Å². The van der Waals surface area contributed by atoms with Gasteiger partial charge < -0.3 is 21.5 Å². The number of anilines is 2. The second kappa shape index (κ2) is 12.9. The number of nitrogens with zero attached hydrogens (tertiary/aromatic N) is 4. The molecule has 2 rings (SSSR count). The number of aliphatic hydroxyl groups is 1. The summed E-state index contributed by atoms with van der Waals surface area (Å²) in [6.07, 6.45) is 8.41. The molecule has 8 nitrogen and oxygen atoms in total. The van der Waals surface area contributed by atoms with E-state index in [0.717, 1.165) is 23.4 Å². The normalized spacial score (nSPS) is 13.3. The maximum atomic E-state index is 12.5. The summed E-state index contributed by atoms with van der Waals surface area (Å²) in [6.45, 7) is 9.03. The Morgan fingerprint density at radius 3 is 2.48 bits per heavy atom. The fraction of sp³-hybridized carbons (Fsp3) is 0.619. The first-order valence-corrected chi connectivity index (χ1v) is 10.3. The van der Waals surface area contributed by atoms with Crippen LogP contribution < -0.4 is 11.5 Å². The van der Waals surface area contributed by atoms with E-state index in [9.17, 15) is 4.79 Å². The molecule has 2 heterocycles. The van der Waals surface area contributed by atoms with Gasteiger partial charge in [-0.1, -0.05) is 38.7 Å². The zero-order valence-electron chi connectivity index (χ0n) is 18.2. The van der Waals surface area contributed by atoms with Crippen molar-refractivity contribution in [2.24, 2.45) is 4.99 Å². The summed E-state index contributed by atoms with van der Waals surface area (Å²) in [5, 5.41) is 8.37. The molecule has 1 aliphatic heterocycles. The molecule has 0 bridgehead atoms. The van der Waals surface area contributed by atoms with E-state index in [4.69, 9.17) is 16.6 Å². The summed E-state index contributed by atoms with van der Waals surface area (Å²) < 4.78 is 0. The van der Waals surface area contributed by atoms with Crippen molar-refractivity contribution < 1.29 is 9.90 Å². The van der Waals surface area contributed by atoms with Gasteiger partial charge in [0, 0.05) is 30.8 Å². The Balaban J connectivity index is 0.000000447. The van der Waals surface area contributed by atoms with Gasteiger partial charge in [-0.25, -0.2) is 4.98 Å². The van der Waals surface area contributed by atoms with Crippen LogP contribution in [0.15, 0.2) is 16.8 Å². The maximum absolute atomic E-state index is 12.5. The first-order chi connectivity index (χ1) is 13.8. The number of hydrogen-bond acceptors (Lipinski definition) is 7. The second-order valence-electron chi connectivity index (χ2n) is 7.24. The molecular formula is C21H36N6O2. The average Bonchev–Trinajstić information content (AvgIpc) is 2.69. The van der Waals surface area contributed by atoms with Crippen LogP contribution >= 0.6 is 0 Å². The molecule has 8 heteroatoms. The lowest BCUT2D eigenvalue weighted by Crippen LogP contribution is -2.37. The lowest BCUT2D eigenvalue weighted by Gasteiger charge is -2.28. The Morgan fingerprint density at radius 2 is 1.90 bits per heavy atom. The van der Waals surface area contributed by atoms with E-state index in [1.54, 1.807) is 17.9 Å². The van der Waals surface area contributed by atoms with Crippen molar-refractivity contribution >= 4 is 23.4 Å². The molecule has 29 heavy (non-hydrogen) atoms. The van der Waals surface area contributed by atoms with Crippen LogP contribution in [-0.2, 0) is 17.8 Å². The van der Waals surface area contributed by atoms with Gasteiger partial charge in [0.1, 0.15) is 11.5 Å². The molecule has 5 N–H and O–H groups in total. The van der Waals surface area contributed by atoms with E-state index in [1.807, 2.05) is 13.8 Å². The average molecular weight is 405 g/mol. The molecule has 0 saturated heterocycles. The van der Waals surface area contributed by atoms with Crippen LogP contribution in [0, 0.1) is 0 Å². The Bertz CT molecular complexity index is 720. The van der Waals surface area contributed by atoms with Crippen molar-refractivity contribution in [2.75, 3.05) is 24.6 Å².